The summed E-state index contributed by atoms with van der Waals surface area (Å²) in [4.78, 5) is 11.5. The first-order valence-electron chi connectivity index (χ1n) is 6.37. The Kier molecular flexibility index (Phi) is 7.30. The molecule has 1 aromatic rings. The van der Waals surface area contributed by atoms with Gasteiger partial charge in [-0.05, 0) is 30.7 Å². The van der Waals surface area contributed by atoms with Gasteiger partial charge in [-0.1, -0.05) is 0 Å². The molecule has 0 atom stereocenters. The van der Waals surface area contributed by atoms with E-state index in [2.05, 4.69) is 14.8 Å². The fourth-order valence-electron chi connectivity index (χ4n) is 1.55. The van der Waals surface area contributed by atoms with Gasteiger partial charge in [0.2, 0.25) is 15.9 Å². The van der Waals surface area contributed by atoms with Crippen LogP contribution in [0.15, 0.2) is 29.2 Å². The minimum Gasteiger partial charge on any atom is -0.385 e. The summed E-state index contributed by atoms with van der Waals surface area (Å²) in [6.07, 6.45) is 0.598. The molecule has 0 radical (unpaired) electrons. The van der Waals surface area contributed by atoms with E-state index in [4.69, 9.17) is 4.74 Å². The van der Waals surface area contributed by atoms with Crippen molar-refractivity contribution in [2.24, 2.45) is 0 Å². The molecule has 0 spiro atoms. The van der Waals surface area contributed by atoms with Crippen LogP contribution in [0.3, 0.4) is 0 Å². The Morgan fingerprint density at radius 2 is 1.81 bits per heavy atom. The number of hydrogen-bond acceptors (Lipinski definition) is 5. The topological polar surface area (TPSA) is 93.7 Å². The van der Waals surface area contributed by atoms with Crippen molar-refractivity contribution in [2.45, 2.75) is 11.3 Å². The molecule has 7 nitrogen and oxygen atoms in total. The lowest BCUT2D eigenvalue weighted by atomic mass is 10.3. The number of rotatable bonds is 9. The number of nitrogens with one attached hydrogen (secondary N) is 2. The van der Waals surface area contributed by atoms with Gasteiger partial charge in [0.1, 0.15) is 6.61 Å². The van der Waals surface area contributed by atoms with Gasteiger partial charge in [0.25, 0.3) is 0 Å². The van der Waals surface area contributed by atoms with Crippen LogP contribution < -0.4 is 10.0 Å². The van der Waals surface area contributed by atoms with Crippen molar-refractivity contribution in [3.63, 3.8) is 0 Å². The van der Waals surface area contributed by atoms with Crippen LogP contribution in [-0.2, 0) is 24.3 Å². The van der Waals surface area contributed by atoms with E-state index in [-0.39, 0.29) is 17.4 Å². The maximum Gasteiger partial charge on any atom is 0.250 e. The lowest BCUT2D eigenvalue weighted by molar-refractivity contribution is -0.119. The second-order valence-corrected chi connectivity index (χ2v) is 6.02. The van der Waals surface area contributed by atoms with Gasteiger partial charge in [-0.15, -0.1) is 0 Å². The van der Waals surface area contributed by atoms with Gasteiger partial charge in [-0.3, -0.25) is 4.79 Å². The average molecular weight is 316 g/mol. The first-order valence-corrected chi connectivity index (χ1v) is 7.85. The predicted octanol–water partition coefficient (Wildman–Crippen LogP) is 0.586. The Morgan fingerprint density at radius 3 is 2.38 bits per heavy atom. The first kappa shape index (κ1) is 17.6. The van der Waals surface area contributed by atoms with Gasteiger partial charge in [0.05, 0.1) is 4.90 Å². The molecule has 0 unspecified atom stereocenters. The summed E-state index contributed by atoms with van der Waals surface area (Å²) >= 11 is 0. The maximum absolute atomic E-state index is 12.0. The lowest BCUT2D eigenvalue weighted by Crippen LogP contribution is -2.25. The SMILES string of the molecule is COCCCNS(=O)(=O)c1ccc(NC(=O)COC)cc1. The number of sulfonamides is 1. The number of methoxy groups -OCH3 is 2. The summed E-state index contributed by atoms with van der Waals surface area (Å²) in [5.41, 5.74) is 0.510. The summed E-state index contributed by atoms with van der Waals surface area (Å²) in [5.74, 6) is -0.300. The van der Waals surface area contributed by atoms with Crippen LogP contribution in [0.1, 0.15) is 6.42 Å². The van der Waals surface area contributed by atoms with Crippen LogP contribution in [0.5, 0.6) is 0 Å². The normalized spacial score (nSPS) is 11.3. The molecule has 0 aromatic heterocycles. The van der Waals surface area contributed by atoms with Crippen LogP contribution in [0, 0.1) is 0 Å². The van der Waals surface area contributed by atoms with Crippen molar-refractivity contribution in [1.82, 2.24) is 4.72 Å². The van der Waals surface area contributed by atoms with Crippen molar-refractivity contribution in [3.8, 4) is 0 Å². The monoisotopic (exact) mass is 316 g/mol. The number of amides is 1. The second-order valence-electron chi connectivity index (χ2n) is 4.25. The minimum atomic E-state index is -3.54. The summed E-state index contributed by atoms with van der Waals surface area (Å²) in [6.45, 7) is 0.747. The van der Waals surface area contributed by atoms with E-state index >= 15 is 0 Å². The number of anilines is 1. The number of carbonyl (C=O) groups is 1. The number of hydrogen-bond donors (Lipinski definition) is 2. The van der Waals surface area contributed by atoms with Crippen LogP contribution >= 0.6 is 0 Å². The first-order chi connectivity index (χ1) is 9.99. The quantitative estimate of drug-likeness (QED) is 0.650. The molecule has 1 aromatic carbocycles. The number of ether oxygens (including phenoxy) is 2. The van der Waals surface area contributed by atoms with Gasteiger partial charge >= 0.3 is 0 Å². The molecule has 0 aliphatic carbocycles. The van der Waals surface area contributed by atoms with Gasteiger partial charge in [0, 0.05) is 33.1 Å². The molecule has 0 heterocycles. The molecule has 0 bridgehead atoms. The third kappa shape index (κ3) is 6.21. The maximum atomic E-state index is 12.0. The molecule has 1 amide bonds. The fraction of sp³-hybridized carbons (Fsp3) is 0.462. The zero-order chi connectivity index (χ0) is 15.7. The van der Waals surface area contributed by atoms with Crippen LogP contribution in [0.25, 0.3) is 0 Å². The summed E-state index contributed by atoms with van der Waals surface area (Å²) in [7, 11) is -0.557. The molecular formula is C13H20N2O5S. The third-order valence-corrected chi connectivity index (χ3v) is 4.02. The van der Waals surface area contributed by atoms with Gasteiger partial charge in [-0.2, -0.15) is 0 Å². The van der Waals surface area contributed by atoms with E-state index in [1.54, 1.807) is 7.11 Å². The molecule has 0 saturated heterocycles. The fourth-order valence-corrected chi connectivity index (χ4v) is 2.63. The van der Waals surface area contributed by atoms with E-state index in [9.17, 15) is 13.2 Å². The third-order valence-electron chi connectivity index (χ3n) is 2.54. The minimum absolute atomic E-state index is 0.0545. The smallest absolute Gasteiger partial charge is 0.250 e. The van der Waals surface area contributed by atoms with Crippen molar-refractivity contribution < 1.29 is 22.7 Å². The predicted molar refractivity (Wildman–Crippen MR) is 78.6 cm³/mol. The lowest BCUT2D eigenvalue weighted by Gasteiger charge is -2.08. The van der Waals surface area contributed by atoms with E-state index in [0.29, 0.717) is 25.3 Å². The molecular weight excluding hydrogens is 296 g/mol. The molecule has 0 saturated carbocycles. The Hall–Kier alpha value is -1.48. The largest absolute Gasteiger partial charge is 0.385 e. The molecule has 0 fully saturated rings. The zero-order valence-corrected chi connectivity index (χ0v) is 12.9. The number of benzene rings is 1. The van der Waals surface area contributed by atoms with Crippen LogP contribution in [0.4, 0.5) is 5.69 Å². The van der Waals surface area contributed by atoms with E-state index < -0.39 is 10.0 Å². The van der Waals surface area contributed by atoms with Gasteiger partial charge < -0.3 is 14.8 Å². The van der Waals surface area contributed by atoms with Gasteiger partial charge in [-0.25, -0.2) is 13.1 Å². The zero-order valence-electron chi connectivity index (χ0n) is 12.1. The standard InChI is InChI=1S/C13H20N2O5S/c1-19-9-3-8-14-21(17,18)12-6-4-11(5-7-12)15-13(16)10-20-2/h4-7,14H,3,8-10H2,1-2H3,(H,15,16). The highest BCUT2D eigenvalue weighted by molar-refractivity contribution is 7.89. The molecule has 0 aliphatic rings. The van der Waals surface area contributed by atoms with Crippen molar-refractivity contribution in [1.29, 1.82) is 0 Å². The highest BCUT2D eigenvalue weighted by atomic mass is 32.2. The summed E-state index contributed by atoms with van der Waals surface area (Å²) in [6, 6.07) is 5.91. The van der Waals surface area contributed by atoms with Crippen molar-refractivity contribution >= 4 is 21.6 Å². The average Bonchev–Trinajstić information content (AvgIpc) is 2.44. The Bertz CT molecular complexity index is 542. The Morgan fingerprint density at radius 1 is 1.14 bits per heavy atom. The molecule has 21 heavy (non-hydrogen) atoms. The van der Waals surface area contributed by atoms with Crippen LogP contribution in [0.2, 0.25) is 0 Å². The highest BCUT2D eigenvalue weighted by Gasteiger charge is 2.13. The summed E-state index contributed by atoms with van der Waals surface area (Å²) < 4.78 is 36.0. The molecule has 0 aliphatic heterocycles. The highest BCUT2D eigenvalue weighted by Crippen LogP contribution is 2.13. The molecule has 8 heteroatoms. The van der Waals surface area contributed by atoms with Crippen LogP contribution in [-0.4, -0.2) is 48.3 Å². The molecule has 118 valence electrons. The Balaban J connectivity index is 2.61. The summed E-state index contributed by atoms with van der Waals surface area (Å²) in [5, 5.41) is 2.59. The second kappa shape index (κ2) is 8.73. The molecule has 1 rings (SSSR count). The molecule has 2 N–H and O–H groups in total. The van der Waals surface area contributed by atoms with E-state index in [1.165, 1.54) is 31.4 Å². The number of carbonyl (C=O) groups excluding carboxylic acids is 1. The van der Waals surface area contributed by atoms with E-state index in [1.807, 2.05) is 0 Å². The van der Waals surface area contributed by atoms with Gasteiger partial charge in [0.15, 0.2) is 0 Å². The van der Waals surface area contributed by atoms with Crippen molar-refractivity contribution in [2.75, 3.05) is 39.3 Å². The Labute approximate surface area is 124 Å². The van der Waals surface area contributed by atoms with E-state index in [0.717, 1.165) is 0 Å². The van der Waals surface area contributed by atoms with Crippen molar-refractivity contribution in [3.05, 3.63) is 24.3 Å².